The number of aryl methyl sites for hydroxylation is 1. The number of aromatic nitrogens is 1. The van der Waals surface area contributed by atoms with Crippen LogP contribution in [-0.2, 0) is 9.59 Å². The third kappa shape index (κ3) is 4.39. The fourth-order valence-corrected chi connectivity index (χ4v) is 5.08. The fourth-order valence-electron chi connectivity index (χ4n) is 3.34. The van der Waals surface area contributed by atoms with Gasteiger partial charge in [0, 0.05) is 4.75 Å². The molecule has 1 aromatic carbocycles. The van der Waals surface area contributed by atoms with E-state index in [1.165, 1.54) is 19.1 Å². The molecule has 1 amide bonds. The second-order valence-electron chi connectivity index (χ2n) is 7.43. The van der Waals surface area contributed by atoms with Gasteiger partial charge in [-0.2, -0.15) is 0 Å². The number of benzene rings is 1. The van der Waals surface area contributed by atoms with Crippen LogP contribution in [0.5, 0.6) is 0 Å². The van der Waals surface area contributed by atoms with Gasteiger partial charge in [-0.15, -0.1) is 11.8 Å². The molecule has 0 bridgehead atoms. The molecule has 4 N–H and O–H groups in total. The number of nitrogens with zero attached hydrogens (tertiary/aromatic N) is 1. The Hall–Kier alpha value is -2.63. The van der Waals surface area contributed by atoms with Crippen molar-refractivity contribution in [2.24, 2.45) is 0 Å². The standard InChI is InChI=1S/C19H19ClFN3O6S/c1-7-10(12(24-30-7)11-8(20)5-4-6-9(11)21)15(25)22-13(17(26)27)16-23-14(18(28)29)19(2,3)31-16/h4-6,13-14,16,23H,1-3H3,(H,22,25)(H,26,27)(H,28,29)/t13?,14-,16+/m0/s1. The van der Waals surface area contributed by atoms with E-state index in [0.717, 1.165) is 17.8 Å². The number of carbonyl (C=O) groups is 3. The van der Waals surface area contributed by atoms with E-state index in [1.54, 1.807) is 13.8 Å². The van der Waals surface area contributed by atoms with Crippen LogP contribution in [0.25, 0.3) is 11.3 Å². The van der Waals surface area contributed by atoms with Gasteiger partial charge in [0.1, 0.15) is 28.9 Å². The average Bonchev–Trinajstić information content (AvgIpc) is 3.18. The summed E-state index contributed by atoms with van der Waals surface area (Å²) in [5, 5.41) is 27.0. The summed E-state index contributed by atoms with van der Waals surface area (Å²) in [5.41, 5.74) is -0.494. The van der Waals surface area contributed by atoms with E-state index in [1.807, 2.05) is 0 Å². The Morgan fingerprint density at radius 3 is 2.58 bits per heavy atom. The minimum Gasteiger partial charge on any atom is -0.480 e. The van der Waals surface area contributed by atoms with E-state index in [-0.39, 0.29) is 27.6 Å². The van der Waals surface area contributed by atoms with Crippen molar-refractivity contribution in [3.63, 3.8) is 0 Å². The summed E-state index contributed by atoms with van der Waals surface area (Å²) in [6, 6.07) is 1.43. The predicted octanol–water partition coefficient (Wildman–Crippen LogP) is 2.52. The number of hydrogen-bond acceptors (Lipinski definition) is 7. The van der Waals surface area contributed by atoms with Crippen LogP contribution >= 0.6 is 23.4 Å². The molecule has 0 aliphatic carbocycles. The molecule has 1 unspecified atom stereocenters. The molecule has 1 aliphatic rings. The van der Waals surface area contributed by atoms with Gasteiger partial charge in [-0.25, -0.2) is 9.18 Å². The number of hydrogen-bond donors (Lipinski definition) is 4. The maximum absolute atomic E-state index is 14.4. The lowest BCUT2D eigenvalue weighted by Gasteiger charge is -2.22. The summed E-state index contributed by atoms with van der Waals surface area (Å²) < 4.78 is 18.6. The maximum Gasteiger partial charge on any atom is 0.328 e. The van der Waals surface area contributed by atoms with Crippen LogP contribution in [-0.4, -0.2) is 55.4 Å². The number of carboxylic acids is 2. The number of thioether (sulfide) groups is 1. The fraction of sp³-hybridized carbons (Fsp3) is 0.368. The Balaban J connectivity index is 1.93. The number of amides is 1. The van der Waals surface area contributed by atoms with Crippen molar-refractivity contribution in [3.8, 4) is 11.3 Å². The van der Waals surface area contributed by atoms with Crippen molar-refractivity contribution >= 4 is 41.2 Å². The Morgan fingerprint density at radius 2 is 2.03 bits per heavy atom. The third-order valence-electron chi connectivity index (χ3n) is 4.85. The van der Waals surface area contributed by atoms with Crippen LogP contribution in [0.4, 0.5) is 4.39 Å². The highest BCUT2D eigenvalue weighted by Gasteiger charge is 2.49. The van der Waals surface area contributed by atoms with E-state index in [0.29, 0.717) is 0 Å². The van der Waals surface area contributed by atoms with Crippen LogP contribution in [0.1, 0.15) is 30.0 Å². The summed E-state index contributed by atoms with van der Waals surface area (Å²) in [7, 11) is 0. The lowest BCUT2D eigenvalue weighted by Crippen LogP contribution is -2.54. The summed E-state index contributed by atoms with van der Waals surface area (Å²) in [5.74, 6) is -4.09. The number of carbonyl (C=O) groups excluding carboxylic acids is 1. The SMILES string of the molecule is Cc1onc(-c2c(F)cccc2Cl)c1C(=O)NC(C(=O)O)[C@@H]1N[C@@H](C(=O)O)C(C)(C)S1. The zero-order valence-corrected chi connectivity index (χ0v) is 18.2. The third-order valence-corrected chi connectivity index (χ3v) is 6.67. The molecule has 1 aliphatic heterocycles. The number of aliphatic carboxylic acids is 2. The molecular weight excluding hydrogens is 453 g/mol. The monoisotopic (exact) mass is 471 g/mol. The predicted molar refractivity (Wildman–Crippen MR) is 111 cm³/mol. The molecule has 1 fully saturated rings. The molecule has 2 heterocycles. The molecule has 3 atom stereocenters. The van der Waals surface area contributed by atoms with Gasteiger partial charge in [-0.3, -0.25) is 14.9 Å². The van der Waals surface area contributed by atoms with E-state index in [4.69, 9.17) is 16.1 Å². The number of halogens is 2. The minimum absolute atomic E-state index is 0.00352. The lowest BCUT2D eigenvalue weighted by atomic mass is 10.0. The molecule has 2 aromatic rings. The van der Waals surface area contributed by atoms with Crippen molar-refractivity contribution in [1.82, 2.24) is 15.8 Å². The highest BCUT2D eigenvalue weighted by atomic mass is 35.5. The molecule has 3 rings (SSSR count). The van der Waals surface area contributed by atoms with Crippen molar-refractivity contribution in [1.29, 1.82) is 0 Å². The molecule has 12 heteroatoms. The van der Waals surface area contributed by atoms with Crippen LogP contribution < -0.4 is 10.6 Å². The van der Waals surface area contributed by atoms with E-state index in [9.17, 15) is 29.0 Å². The largest absolute Gasteiger partial charge is 0.480 e. The second kappa shape index (κ2) is 8.48. The van der Waals surface area contributed by atoms with Gasteiger partial charge in [0.25, 0.3) is 5.91 Å². The van der Waals surface area contributed by atoms with E-state index >= 15 is 0 Å². The number of rotatable bonds is 6. The molecule has 31 heavy (non-hydrogen) atoms. The second-order valence-corrected chi connectivity index (χ2v) is 9.63. The van der Waals surface area contributed by atoms with Crippen molar-refractivity contribution in [2.75, 3.05) is 0 Å². The van der Waals surface area contributed by atoms with Crippen LogP contribution in [0, 0.1) is 12.7 Å². The summed E-state index contributed by atoms with van der Waals surface area (Å²) in [6.45, 7) is 4.74. The van der Waals surface area contributed by atoms with Gasteiger partial charge < -0.3 is 20.1 Å². The average molecular weight is 472 g/mol. The van der Waals surface area contributed by atoms with Crippen LogP contribution in [0.15, 0.2) is 22.7 Å². The first kappa shape index (κ1) is 23.0. The zero-order chi connectivity index (χ0) is 23.1. The number of nitrogens with one attached hydrogen (secondary N) is 2. The number of carboxylic acid groups (broad SMARTS) is 2. The molecule has 9 nitrogen and oxygen atoms in total. The molecule has 0 radical (unpaired) electrons. The highest BCUT2D eigenvalue weighted by molar-refractivity contribution is 8.01. The Kier molecular flexibility index (Phi) is 6.30. The molecule has 0 saturated carbocycles. The first-order chi connectivity index (χ1) is 14.4. The maximum atomic E-state index is 14.4. The van der Waals surface area contributed by atoms with Gasteiger partial charge >= 0.3 is 11.9 Å². The van der Waals surface area contributed by atoms with Crippen molar-refractivity contribution in [3.05, 3.63) is 40.4 Å². The van der Waals surface area contributed by atoms with Gasteiger partial charge in [0.15, 0.2) is 6.04 Å². The van der Waals surface area contributed by atoms with Gasteiger partial charge in [-0.1, -0.05) is 22.8 Å². The quantitative estimate of drug-likeness (QED) is 0.499. The molecule has 0 spiro atoms. The Labute approximate surface area is 185 Å². The first-order valence-electron chi connectivity index (χ1n) is 9.05. The van der Waals surface area contributed by atoms with E-state index < -0.39 is 45.9 Å². The summed E-state index contributed by atoms with van der Waals surface area (Å²) in [6.07, 6.45) is 0. The van der Waals surface area contributed by atoms with Gasteiger partial charge in [-0.05, 0) is 32.9 Å². The van der Waals surface area contributed by atoms with Crippen LogP contribution in [0.2, 0.25) is 5.02 Å². The van der Waals surface area contributed by atoms with Crippen molar-refractivity contribution in [2.45, 2.75) is 43.0 Å². The highest BCUT2D eigenvalue weighted by Crippen LogP contribution is 2.39. The van der Waals surface area contributed by atoms with Gasteiger partial charge in [0.05, 0.1) is 16.0 Å². The van der Waals surface area contributed by atoms with Gasteiger partial charge in [0.2, 0.25) is 0 Å². The molecule has 166 valence electrons. The topological polar surface area (TPSA) is 142 Å². The molecule has 1 aromatic heterocycles. The van der Waals surface area contributed by atoms with Crippen molar-refractivity contribution < 1.29 is 33.5 Å². The smallest absolute Gasteiger partial charge is 0.328 e. The first-order valence-corrected chi connectivity index (χ1v) is 10.3. The Morgan fingerprint density at radius 1 is 1.35 bits per heavy atom. The lowest BCUT2D eigenvalue weighted by molar-refractivity contribution is -0.142. The molecular formula is C19H19ClFN3O6S. The Bertz CT molecular complexity index is 1040. The van der Waals surface area contributed by atoms with Crippen LogP contribution in [0.3, 0.4) is 0 Å². The zero-order valence-electron chi connectivity index (χ0n) is 16.6. The summed E-state index contributed by atoms with van der Waals surface area (Å²) in [4.78, 5) is 36.4. The minimum atomic E-state index is -1.49. The normalized spacial score (nSPS) is 20.9. The molecule has 1 saturated heterocycles. The summed E-state index contributed by atoms with van der Waals surface area (Å²) >= 11 is 7.15. The van der Waals surface area contributed by atoms with E-state index in [2.05, 4.69) is 15.8 Å².